The van der Waals surface area contributed by atoms with Crippen LogP contribution in [0.5, 0.6) is 5.75 Å². The standard InChI is InChI=1S/C16H19N3O2S/c1-11-17-18-15(22-11)13-4-3-9-19(10-13)16(20)12-5-7-14(21-2)8-6-12/h5-8,13H,3-4,9-10H2,1-2H3/t13-/m0/s1. The molecule has 0 saturated carbocycles. The van der Waals surface area contributed by atoms with E-state index < -0.39 is 0 Å². The number of piperidine rings is 1. The van der Waals surface area contributed by atoms with Gasteiger partial charge in [0, 0.05) is 24.6 Å². The summed E-state index contributed by atoms with van der Waals surface area (Å²) >= 11 is 1.63. The maximum absolute atomic E-state index is 12.6. The second kappa shape index (κ2) is 6.44. The molecule has 0 bridgehead atoms. The summed E-state index contributed by atoms with van der Waals surface area (Å²) in [7, 11) is 1.62. The Kier molecular flexibility index (Phi) is 4.38. The number of nitrogens with zero attached hydrogens (tertiary/aromatic N) is 3. The van der Waals surface area contributed by atoms with E-state index >= 15 is 0 Å². The summed E-state index contributed by atoms with van der Waals surface area (Å²) in [5.41, 5.74) is 0.704. The van der Waals surface area contributed by atoms with Crippen LogP contribution in [0.4, 0.5) is 0 Å². The fourth-order valence-corrected chi connectivity index (χ4v) is 3.58. The number of methoxy groups -OCH3 is 1. The van der Waals surface area contributed by atoms with E-state index in [-0.39, 0.29) is 5.91 Å². The van der Waals surface area contributed by atoms with E-state index in [1.165, 1.54) is 0 Å². The van der Waals surface area contributed by atoms with Crippen molar-refractivity contribution < 1.29 is 9.53 Å². The first-order chi connectivity index (χ1) is 10.7. The zero-order valence-corrected chi connectivity index (χ0v) is 13.6. The number of carbonyl (C=O) groups is 1. The van der Waals surface area contributed by atoms with Gasteiger partial charge < -0.3 is 9.64 Å². The van der Waals surface area contributed by atoms with E-state index in [0.29, 0.717) is 11.5 Å². The van der Waals surface area contributed by atoms with Crippen LogP contribution in [0.15, 0.2) is 24.3 Å². The molecule has 0 N–H and O–H groups in total. The van der Waals surface area contributed by atoms with Gasteiger partial charge in [0.2, 0.25) is 0 Å². The molecule has 6 heteroatoms. The van der Waals surface area contributed by atoms with Crippen LogP contribution in [0.3, 0.4) is 0 Å². The van der Waals surface area contributed by atoms with Crippen LogP contribution in [-0.4, -0.2) is 41.2 Å². The van der Waals surface area contributed by atoms with Crippen molar-refractivity contribution in [2.24, 2.45) is 0 Å². The Hall–Kier alpha value is -1.95. The third-order valence-corrected chi connectivity index (χ3v) is 4.94. The van der Waals surface area contributed by atoms with Crippen molar-refractivity contribution >= 4 is 17.2 Å². The summed E-state index contributed by atoms with van der Waals surface area (Å²) in [5, 5.41) is 10.4. The average Bonchev–Trinajstić information content (AvgIpc) is 3.01. The molecule has 0 spiro atoms. The first kappa shape index (κ1) is 15.0. The van der Waals surface area contributed by atoms with E-state index in [1.54, 1.807) is 18.4 Å². The van der Waals surface area contributed by atoms with Crippen LogP contribution < -0.4 is 4.74 Å². The summed E-state index contributed by atoms with van der Waals surface area (Å²) in [4.78, 5) is 14.6. The largest absolute Gasteiger partial charge is 0.497 e. The van der Waals surface area contributed by atoms with Crippen molar-refractivity contribution in [1.82, 2.24) is 15.1 Å². The average molecular weight is 317 g/mol. The maximum Gasteiger partial charge on any atom is 0.253 e. The lowest BCUT2D eigenvalue weighted by molar-refractivity contribution is 0.0707. The number of hydrogen-bond acceptors (Lipinski definition) is 5. The summed E-state index contributed by atoms with van der Waals surface area (Å²) in [6.07, 6.45) is 2.08. The molecule has 1 fully saturated rings. The zero-order chi connectivity index (χ0) is 15.5. The lowest BCUT2D eigenvalue weighted by atomic mass is 9.98. The Morgan fingerprint density at radius 3 is 2.73 bits per heavy atom. The molecule has 1 atom stereocenters. The Bertz CT molecular complexity index is 654. The van der Waals surface area contributed by atoms with Crippen LogP contribution in [0.2, 0.25) is 0 Å². The van der Waals surface area contributed by atoms with Gasteiger partial charge in [0.05, 0.1) is 7.11 Å². The second-order valence-corrected chi connectivity index (χ2v) is 6.69. The molecule has 1 saturated heterocycles. The summed E-state index contributed by atoms with van der Waals surface area (Å²) < 4.78 is 5.13. The highest BCUT2D eigenvalue weighted by molar-refractivity contribution is 7.11. The van der Waals surface area contributed by atoms with Crippen LogP contribution >= 0.6 is 11.3 Å². The lowest BCUT2D eigenvalue weighted by Gasteiger charge is -2.31. The molecule has 2 aromatic rings. The number of likely N-dealkylation sites (tertiary alicyclic amines) is 1. The SMILES string of the molecule is COc1ccc(C(=O)N2CCC[C@H](c3nnc(C)s3)C2)cc1. The number of rotatable bonds is 3. The molecule has 0 aliphatic carbocycles. The Morgan fingerprint density at radius 2 is 2.09 bits per heavy atom. The van der Waals surface area contributed by atoms with Gasteiger partial charge in [-0.15, -0.1) is 21.5 Å². The second-order valence-electron chi connectivity index (χ2n) is 5.48. The van der Waals surface area contributed by atoms with Gasteiger partial charge in [-0.3, -0.25) is 4.79 Å². The highest BCUT2D eigenvalue weighted by Gasteiger charge is 2.27. The summed E-state index contributed by atoms with van der Waals surface area (Å²) in [6.45, 7) is 3.49. The fraction of sp³-hybridized carbons (Fsp3) is 0.438. The normalized spacial score (nSPS) is 18.3. The number of carbonyl (C=O) groups excluding carboxylic acids is 1. The molecule has 0 unspecified atom stereocenters. The van der Waals surface area contributed by atoms with E-state index in [2.05, 4.69) is 10.2 Å². The first-order valence-electron chi connectivity index (χ1n) is 7.40. The van der Waals surface area contributed by atoms with E-state index in [1.807, 2.05) is 36.1 Å². The zero-order valence-electron chi connectivity index (χ0n) is 12.8. The van der Waals surface area contributed by atoms with Gasteiger partial charge in [0.25, 0.3) is 5.91 Å². The third kappa shape index (κ3) is 3.11. The Labute approximate surface area is 133 Å². The minimum absolute atomic E-state index is 0.0774. The molecule has 2 heterocycles. The molecular weight excluding hydrogens is 298 g/mol. The van der Waals surface area contributed by atoms with Crippen molar-refractivity contribution in [3.05, 3.63) is 39.8 Å². The number of benzene rings is 1. The molecule has 0 radical (unpaired) electrons. The maximum atomic E-state index is 12.6. The monoisotopic (exact) mass is 317 g/mol. The van der Waals surface area contributed by atoms with Gasteiger partial charge in [0.15, 0.2) is 0 Å². The van der Waals surface area contributed by atoms with E-state index in [4.69, 9.17) is 4.74 Å². The third-order valence-electron chi connectivity index (χ3n) is 3.94. The molecule has 1 aliphatic rings. The van der Waals surface area contributed by atoms with Gasteiger partial charge in [-0.1, -0.05) is 0 Å². The van der Waals surface area contributed by atoms with Crippen LogP contribution in [0.1, 0.15) is 39.1 Å². The molecular formula is C16H19N3O2S. The van der Waals surface area contributed by atoms with Crippen LogP contribution in [0, 0.1) is 6.92 Å². The number of hydrogen-bond donors (Lipinski definition) is 0. The molecule has 3 rings (SSSR count). The summed E-state index contributed by atoms with van der Waals surface area (Å²) in [5.74, 6) is 1.15. The number of aromatic nitrogens is 2. The van der Waals surface area contributed by atoms with Gasteiger partial charge in [-0.05, 0) is 44.0 Å². The van der Waals surface area contributed by atoms with Gasteiger partial charge >= 0.3 is 0 Å². The summed E-state index contributed by atoms with van der Waals surface area (Å²) in [6, 6.07) is 7.28. The van der Waals surface area contributed by atoms with Gasteiger partial charge in [-0.25, -0.2) is 0 Å². The highest BCUT2D eigenvalue weighted by atomic mass is 32.1. The Balaban J connectivity index is 1.71. The smallest absolute Gasteiger partial charge is 0.253 e. The van der Waals surface area contributed by atoms with Gasteiger partial charge in [-0.2, -0.15) is 0 Å². The van der Waals surface area contributed by atoms with Crippen LogP contribution in [-0.2, 0) is 0 Å². The predicted octanol–water partition coefficient (Wildman–Crippen LogP) is 2.87. The fourth-order valence-electron chi connectivity index (χ4n) is 2.76. The van der Waals surface area contributed by atoms with E-state index in [9.17, 15) is 4.79 Å². The number of aryl methyl sites for hydroxylation is 1. The van der Waals surface area contributed by atoms with Crippen molar-refractivity contribution in [3.8, 4) is 5.75 Å². The minimum atomic E-state index is 0.0774. The predicted molar refractivity (Wildman–Crippen MR) is 85.5 cm³/mol. The molecule has 1 aromatic heterocycles. The first-order valence-corrected chi connectivity index (χ1v) is 8.22. The van der Waals surface area contributed by atoms with E-state index in [0.717, 1.165) is 41.7 Å². The van der Waals surface area contributed by atoms with Crippen molar-refractivity contribution in [2.75, 3.05) is 20.2 Å². The highest BCUT2D eigenvalue weighted by Crippen LogP contribution is 2.29. The lowest BCUT2D eigenvalue weighted by Crippen LogP contribution is -2.39. The van der Waals surface area contributed by atoms with Crippen molar-refractivity contribution in [1.29, 1.82) is 0 Å². The topological polar surface area (TPSA) is 55.3 Å². The van der Waals surface area contributed by atoms with Crippen LogP contribution in [0.25, 0.3) is 0 Å². The Morgan fingerprint density at radius 1 is 1.32 bits per heavy atom. The molecule has 22 heavy (non-hydrogen) atoms. The molecule has 1 aromatic carbocycles. The van der Waals surface area contributed by atoms with Crippen molar-refractivity contribution in [3.63, 3.8) is 0 Å². The molecule has 5 nitrogen and oxygen atoms in total. The molecule has 1 aliphatic heterocycles. The number of ether oxygens (including phenoxy) is 1. The quantitative estimate of drug-likeness (QED) is 0.873. The van der Waals surface area contributed by atoms with Gasteiger partial charge in [0.1, 0.15) is 15.8 Å². The number of amides is 1. The molecule has 1 amide bonds. The molecule has 116 valence electrons. The van der Waals surface area contributed by atoms with Crippen molar-refractivity contribution in [2.45, 2.75) is 25.7 Å². The minimum Gasteiger partial charge on any atom is -0.497 e.